The third kappa shape index (κ3) is 7.17. The van der Waals surface area contributed by atoms with Gasteiger partial charge in [-0.25, -0.2) is 4.79 Å². The molecule has 2 aliphatic heterocycles. The van der Waals surface area contributed by atoms with Gasteiger partial charge in [0.2, 0.25) is 11.8 Å². The van der Waals surface area contributed by atoms with Gasteiger partial charge >= 0.3 is 6.09 Å². The molecule has 0 spiro atoms. The largest absolute Gasteiger partial charge is 0.444 e. The van der Waals surface area contributed by atoms with Gasteiger partial charge in [-0.05, 0) is 53.5 Å². The SMILES string of the molecule is C=CCOCC1(C(=O)N2CCN(C)CC2CNC(=O)C2(CC=C)CCCC2)CCN(C(=O)OC(C)(C)C)C1. The van der Waals surface area contributed by atoms with Crippen molar-refractivity contribution < 1.29 is 23.9 Å². The van der Waals surface area contributed by atoms with Crippen LogP contribution in [0.25, 0.3) is 0 Å². The number of carbonyl (C=O) groups is 3. The number of nitrogens with zero attached hydrogens (tertiary/aromatic N) is 3. The van der Waals surface area contributed by atoms with E-state index in [-0.39, 0.29) is 36.4 Å². The van der Waals surface area contributed by atoms with Gasteiger partial charge in [-0.3, -0.25) is 9.59 Å². The van der Waals surface area contributed by atoms with Crippen LogP contribution in [0.15, 0.2) is 25.3 Å². The van der Waals surface area contributed by atoms with Crippen molar-refractivity contribution in [2.24, 2.45) is 10.8 Å². The number of piperazine rings is 1. The predicted octanol–water partition coefficient (Wildman–Crippen LogP) is 3.21. The van der Waals surface area contributed by atoms with E-state index in [1.54, 1.807) is 11.0 Å². The van der Waals surface area contributed by atoms with E-state index in [2.05, 4.69) is 23.4 Å². The second kappa shape index (κ2) is 12.6. The van der Waals surface area contributed by atoms with E-state index in [1.165, 1.54) is 0 Å². The summed E-state index contributed by atoms with van der Waals surface area (Å²) in [5.41, 5.74) is -1.86. The van der Waals surface area contributed by atoms with Crippen molar-refractivity contribution in [1.29, 1.82) is 0 Å². The molecule has 2 saturated heterocycles. The van der Waals surface area contributed by atoms with E-state index in [9.17, 15) is 14.4 Å². The maximum atomic E-state index is 14.3. The first-order valence-electron chi connectivity index (χ1n) is 14.0. The van der Waals surface area contributed by atoms with Crippen molar-refractivity contribution >= 4 is 17.9 Å². The molecule has 0 aromatic heterocycles. The Morgan fingerprint density at radius 3 is 2.37 bits per heavy atom. The Balaban J connectivity index is 1.76. The Morgan fingerprint density at radius 2 is 1.74 bits per heavy atom. The first-order chi connectivity index (χ1) is 18.0. The number of ether oxygens (including phenoxy) is 2. The summed E-state index contributed by atoms with van der Waals surface area (Å²) < 4.78 is 11.4. The number of carbonyl (C=O) groups excluding carboxylic acids is 3. The van der Waals surface area contributed by atoms with Gasteiger partial charge < -0.3 is 29.5 Å². The molecule has 38 heavy (non-hydrogen) atoms. The number of hydrogen-bond acceptors (Lipinski definition) is 6. The summed E-state index contributed by atoms with van der Waals surface area (Å²) in [6, 6.07) is -0.167. The molecule has 0 aromatic rings. The predicted molar refractivity (Wildman–Crippen MR) is 148 cm³/mol. The van der Waals surface area contributed by atoms with Crippen LogP contribution in [0.3, 0.4) is 0 Å². The van der Waals surface area contributed by atoms with Crippen molar-refractivity contribution in [2.45, 2.75) is 70.9 Å². The van der Waals surface area contributed by atoms with Crippen LogP contribution in [0, 0.1) is 10.8 Å². The lowest BCUT2D eigenvalue weighted by Gasteiger charge is -2.44. The summed E-state index contributed by atoms with van der Waals surface area (Å²) in [5, 5.41) is 3.20. The number of allylic oxidation sites excluding steroid dienone is 1. The monoisotopic (exact) mass is 532 g/mol. The minimum atomic E-state index is -0.867. The molecular weight excluding hydrogens is 484 g/mol. The van der Waals surface area contributed by atoms with Gasteiger partial charge in [-0.1, -0.05) is 25.0 Å². The molecule has 3 fully saturated rings. The van der Waals surface area contributed by atoms with Crippen molar-refractivity contribution in [2.75, 3.05) is 59.5 Å². The van der Waals surface area contributed by atoms with Crippen LogP contribution in [0.1, 0.15) is 59.3 Å². The van der Waals surface area contributed by atoms with Gasteiger partial charge in [0, 0.05) is 39.3 Å². The van der Waals surface area contributed by atoms with Gasteiger partial charge in [-0.2, -0.15) is 0 Å². The fourth-order valence-electron chi connectivity index (χ4n) is 6.05. The highest BCUT2D eigenvalue weighted by molar-refractivity contribution is 5.86. The Hall–Kier alpha value is -2.39. The standard InChI is InChI=1S/C29H48N4O5/c1-7-11-28(12-9-10-13-28)24(34)30-19-23-20-31(6)16-17-33(23)25(35)29(22-37-18-8-2)14-15-32(21-29)26(36)38-27(3,4)5/h7-8,23H,1-2,9-22H2,3-6H3,(H,30,34). The highest BCUT2D eigenvalue weighted by Gasteiger charge is 2.50. The third-order valence-electron chi connectivity index (χ3n) is 8.10. The fraction of sp³-hybridized carbons (Fsp3) is 0.759. The van der Waals surface area contributed by atoms with Crippen LogP contribution in [-0.4, -0.2) is 104 Å². The van der Waals surface area contributed by atoms with E-state index < -0.39 is 17.1 Å². The zero-order valence-electron chi connectivity index (χ0n) is 23.9. The highest BCUT2D eigenvalue weighted by Crippen LogP contribution is 2.41. The van der Waals surface area contributed by atoms with Gasteiger partial charge in [0.15, 0.2) is 0 Å². The minimum Gasteiger partial charge on any atom is -0.444 e. The Morgan fingerprint density at radius 1 is 1.03 bits per heavy atom. The van der Waals surface area contributed by atoms with Gasteiger partial charge in [0.25, 0.3) is 0 Å². The Bertz CT molecular complexity index is 879. The average molecular weight is 533 g/mol. The molecule has 3 rings (SSSR count). The van der Waals surface area contributed by atoms with Gasteiger partial charge in [0.05, 0.1) is 30.1 Å². The van der Waals surface area contributed by atoms with E-state index in [0.29, 0.717) is 45.6 Å². The molecule has 2 unspecified atom stereocenters. The van der Waals surface area contributed by atoms with Crippen LogP contribution < -0.4 is 5.32 Å². The molecule has 214 valence electrons. The summed E-state index contributed by atoms with van der Waals surface area (Å²) in [5.74, 6) is 0.0400. The Labute approximate surface area is 228 Å². The van der Waals surface area contributed by atoms with Crippen LogP contribution in [0.4, 0.5) is 4.79 Å². The summed E-state index contributed by atoms with van der Waals surface area (Å²) in [4.78, 5) is 46.1. The van der Waals surface area contributed by atoms with Gasteiger partial charge in [-0.15, -0.1) is 13.2 Å². The quantitative estimate of drug-likeness (QED) is 0.343. The molecule has 2 heterocycles. The molecule has 1 N–H and O–H groups in total. The average Bonchev–Trinajstić information content (AvgIpc) is 3.51. The highest BCUT2D eigenvalue weighted by atomic mass is 16.6. The molecule has 0 bridgehead atoms. The van der Waals surface area contributed by atoms with E-state index >= 15 is 0 Å². The normalized spacial score (nSPS) is 25.7. The minimum absolute atomic E-state index is 0.0263. The maximum Gasteiger partial charge on any atom is 0.410 e. The number of amides is 3. The van der Waals surface area contributed by atoms with Crippen LogP contribution in [0.5, 0.6) is 0 Å². The molecule has 3 amide bonds. The van der Waals surface area contributed by atoms with Crippen molar-refractivity contribution in [3.63, 3.8) is 0 Å². The van der Waals surface area contributed by atoms with E-state index in [1.807, 2.05) is 38.8 Å². The first kappa shape index (κ1) is 30.2. The van der Waals surface area contributed by atoms with Gasteiger partial charge in [0.1, 0.15) is 5.60 Å². The summed E-state index contributed by atoms with van der Waals surface area (Å²) in [6.07, 6.45) is 8.13. The van der Waals surface area contributed by atoms with Crippen molar-refractivity contribution in [1.82, 2.24) is 20.0 Å². The second-order valence-corrected chi connectivity index (χ2v) is 12.3. The van der Waals surface area contributed by atoms with E-state index in [0.717, 1.165) is 32.2 Å². The molecule has 1 saturated carbocycles. The first-order valence-corrected chi connectivity index (χ1v) is 14.0. The number of rotatable bonds is 10. The topological polar surface area (TPSA) is 91.4 Å². The molecular formula is C29H48N4O5. The number of nitrogens with one attached hydrogen (secondary N) is 1. The maximum absolute atomic E-state index is 14.3. The number of hydrogen-bond donors (Lipinski definition) is 1. The van der Waals surface area contributed by atoms with Crippen molar-refractivity contribution in [3.8, 4) is 0 Å². The lowest BCUT2D eigenvalue weighted by atomic mass is 9.81. The molecule has 0 radical (unpaired) electrons. The number of likely N-dealkylation sites (tertiary alicyclic amines) is 1. The molecule has 9 nitrogen and oxygen atoms in total. The number of likely N-dealkylation sites (N-methyl/N-ethyl adjacent to an activating group) is 1. The molecule has 1 aliphatic carbocycles. The zero-order valence-corrected chi connectivity index (χ0v) is 23.9. The smallest absolute Gasteiger partial charge is 0.410 e. The summed E-state index contributed by atoms with van der Waals surface area (Å²) >= 11 is 0. The van der Waals surface area contributed by atoms with Crippen LogP contribution in [0.2, 0.25) is 0 Å². The summed E-state index contributed by atoms with van der Waals surface area (Å²) in [6.45, 7) is 16.7. The lowest BCUT2D eigenvalue weighted by Crippen LogP contribution is -2.62. The molecule has 3 aliphatic rings. The fourth-order valence-corrected chi connectivity index (χ4v) is 6.05. The lowest BCUT2D eigenvalue weighted by molar-refractivity contribution is -0.150. The van der Waals surface area contributed by atoms with Crippen LogP contribution >= 0.6 is 0 Å². The third-order valence-corrected chi connectivity index (χ3v) is 8.10. The molecule has 9 heteroatoms. The van der Waals surface area contributed by atoms with Crippen LogP contribution in [-0.2, 0) is 19.1 Å². The second-order valence-electron chi connectivity index (χ2n) is 12.3. The molecule has 2 atom stereocenters. The van der Waals surface area contributed by atoms with Crippen molar-refractivity contribution in [3.05, 3.63) is 25.3 Å². The Kier molecular flexibility index (Phi) is 10.0. The summed E-state index contributed by atoms with van der Waals surface area (Å²) in [7, 11) is 2.04. The molecule has 0 aromatic carbocycles. The van der Waals surface area contributed by atoms with E-state index in [4.69, 9.17) is 9.47 Å². The zero-order chi connectivity index (χ0) is 28.0.